The Labute approximate surface area is 153 Å². The number of nitrogens with zero attached hydrogens (tertiary/aromatic N) is 2. The van der Waals surface area contributed by atoms with Crippen LogP contribution >= 0.6 is 0 Å². The summed E-state index contributed by atoms with van der Waals surface area (Å²) in [5.41, 5.74) is 7.17. The fourth-order valence-electron chi connectivity index (χ4n) is 2.70. The van der Waals surface area contributed by atoms with Crippen molar-refractivity contribution in [1.29, 1.82) is 0 Å². The van der Waals surface area contributed by atoms with Gasteiger partial charge >= 0.3 is 17.8 Å². The van der Waals surface area contributed by atoms with Gasteiger partial charge in [-0.25, -0.2) is 19.9 Å². The number of ether oxygens (including phenoxy) is 3. The van der Waals surface area contributed by atoms with Crippen LogP contribution in [0, 0.1) is 5.92 Å². The number of hydrogen-bond acceptors (Lipinski definition) is 11. The van der Waals surface area contributed by atoms with Gasteiger partial charge in [0.25, 0.3) is 0 Å². The zero-order valence-electron chi connectivity index (χ0n) is 14.6. The summed E-state index contributed by atoms with van der Waals surface area (Å²) in [6.07, 6.45) is -3.13. The lowest BCUT2D eigenvalue weighted by atomic mass is 10.1. The van der Waals surface area contributed by atoms with Crippen molar-refractivity contribution < 1.29 is 33.7 Å². The standard InChI is InChI=1S/C15H20N4O8/c1-6(2)9(16)13(21)27-18-8-3-4-19(14(22)17-8)12-11-10(7(5-20)24-12)25-15(23)26-11/h3-4,6-7,9-12,20H,5,16H2,1-2H3,(H,17,18,22)/t7-,9-,10-,11-,12-/m1/s1. The zero-order valence-corrected chi connectivity index (χ0v) is 14.6. The van der Waals surface area contributed by atoms with Crippen molar-refractivity contribution in [2.45, 2.75) is 44.4 Å². The first kappa shape index (κ1) is 19.1. The zero-order chi connectivity index (χ0) is 19.7. The average Bonchev–Trinajstić information content (AvgIpc) is 3.16. The van der Waals surface area contributed by atoms with Crippen LogP contribution in [0.25, 0.3) is 0 Å². The highest BCUT2D eigenvalue weighted by Crippen LogP contribution is 2.36. The molecule has 0 aliphatic carbocycles. The molecule has 2 aliphatic heterocycles. The maximum atomic E-state index is 12.3. The Hall–Kier alpha value is -2.70. The number of nitrogens with two attached hydrogens (primary N) is 1. The third-order valence-electron chi connectivity index (χ3n) is 4.28. The molecule has 0 aromatic carbocycles. The summed E-state index contributed by atoms with van der Waals surface area (Å²) in [5, 5.41) is 9.34. The fourth-order valence-corrected chi connectivity index (χ4v) is 2.70. The average molecular weight is 384 g/mol. The summed E-state index contributed by atoms with van der Waals surface area (Å²) >= 11 is 0. The van der Waals surface area contributed by atoms with Crippen molar-refractivity contribution in [1.82, 2.24) is 9.55 Å². The van der Waals surface area contributed by atoms with Crippen LogP contribution < -0.4 is 16.9 Å². The van der Waals surface area contributed by atoms with Gasteiger partial charge in [-0.2, -0.15) is 4.98 Å². The number of carbonyl (C=O) groups excluding carboxylic acids is 2. The molecule has 0 bridgehead atoms. The molecule has 0 saturated carbocycles. The smallest absolute Gasteiger partial charge is 0.424 e. The summed E-state index contributed by atoms with van der Waals surface area (Å²) in [7, 11) is 0. The Kier molecular flexibility index (Phi) is 5.30. The molecule has 2 fully saturated rings. The Morgan fingerprint density at radius 3 is 2.74 bits per heavy atom. The SMILES string of the molecule is CC(C)[C@@H](N)C(=O)ONc1ccn([C@@H]2O[C@H](CO)[C@H]3OC(=O)O[C@H]32)c(=O)n1. The van der Waals surface area contributed by atoms with E-state index >= 15 is 0 Å². The Morgan fingerprint density at radius 2 is 2.11 bits per heavy atom. The van der Waals surface area contributed by atoms with Gasteiger partial charge in [0.1, 0.15) is 12.1 Å². The topological polar surface area (TPSA) is 164 Å². The minimum atomic E-state index is -1.01. The van der Waals surface area contributed by atoms with E-state index in [1.807, 2.05) is 0 Å². The molecule has 0 amide bonds. The number of carbonyl (C=O) groups is 2. The van der Waals surface area contributed by atoms with Gasteiger partial charge in [0.05, 0.1) is 6.61 Å². The largest absolute Gasteiger partial charge is 0.509 e. The van der Waals surface area contributed by atoms with Crippen LogP contribution in [0.3, 0.4) is 0 Å². The Bertz CT molecular complexity index is 781. The van der Waals surface area contributed by atoms with Crippen molar-refractivity contribution >= 4 is 17.9 Å². The molecule has 12 heteroatoms. The monoisotopic (exact) mass is 384 g/mol. The number of aliphatic hydroxyl groups is 1. The predicted molar refractivity (Wildman–Crippen MR) is 87.2 cm³/mol. The van der Waals surface area contributed by atoms with E-state index in [0.717, 1.165) is 4.57 Å². The number of aliphatic hydroxyl groups excluding tert-OH is 1. The van der Waals surface area contributed by atoms with Crippen LogP contribution in [0.4, 0.5) is 10.6 Å². The Morgan fingerprint density at radius 1 is 1.41 bits per heavy atom. The van der Waals surface area contributed by atoms with Gasteiger partial charge < -0.3 is 29.9 Å². The predicted octanol–water partition coefficient (Wildman–Crippen LogP) is -1.11. The van der Waals surface area contributed by atoms with Gasteiger partial charge in [-0.15, -0.1) is 0 Å². The summed E-state index contributed by atoms with van der Waals surface area (Å²) in [5.74, 6) is -0.837. The molecular weight excluding hydrogens is 364 g/mol. The van der Waals surface area contributed by atoms with Gasteiger partial charge in [-0.1, -0.05) is 13.8 Å². The molecule has 148 valence electrons. The number of anilines is 1. The minimum absolute atomic E-state index is 0.0199. The van der Waals surface area contributed by atoms with Crippen molar-refractivity contribution in [3.63, 3.8) is 0 Å². The summed E-state index contributed by atoms with van der Waals surface area (Å²) in [6.45, 7) is 3.11. The van der Waals surface area contributed by atoms with Crippen LogP contribution in [-0.4, -0.2) is 57.7 Å². The lowest BCUT2D eigenvalue weighted by Gasteiger charge is -2.18. The second-order valence-corrected chi connectivity index (χ2v) is 6.46. The second kappa shape index (κ2) is 7.50. The number of nitrogens with one attached hydrogen (secondary N) is 1. The molecule has 1 aromatic rings. The lowest BCUT2D eigenvalue weighted by Crippen LogP contribution is -2.38. The van der Waals surface area contributed by atoms with Crippen LogP contribution in [0.2, 0.25) is 0 Å². The molecule has 0 unspecified atom stereocenters. The first-order valence-electron chi connectivity index (χ1n) is 8.27. The van der Waals surface area contributed by atoms with Gasteiger partial charge in [-0.3, -0.25) is 4.57 Å². The number of aromatic nitrogens is 2. The summed E-state index contributed by atoms with van der Waals surface area (Å²) < 4.78 is 16.6. The molecular formula is C15H20N4O8. The highest BCUT2D eigenvalue weighted by atomic mass is 16.8. The molecule has 3 heterocycles. The minimum Gasteiger partial charge on any atom is -0.424 e. The van der Waals surface area contributed by atoms with Crippen LogP contribution in [0.15, 0.2) is 17.1 Å². The lowest BCUT2D eigenvalue weighted by molar-refractivity contribution is -0.143. The van der Waals surface area contributed by atoms with Crippen LogP contribution in [-0.2, 0) is 23.8 Å². The van der Waals surface area contributed by atoms with Gasteiger partial charge in [0.15, 0.2) is 24.3 Å². The van der Waals surface area contributed by atoms with Crippen molar-refractivity contribution in [2.75, 3.05) is 12.1 Å². The quantitative estimate of drug-likeness (QED) is 0.402. The first-order chi connectivity index (χ1) is 12.8. The van der Waals surface area contributed by atoms with Gasteiger partial charge in [0.2, 0.25) is 0 Å². The number of fused-ring (bicyclic) bond motifs is 1. The van der Waals surface area contributed by atoms with E-state index in [1.165, 1.54) is 12.3 Å². The van der Waals surface area contributed by atoms with Gasteiger partial charge in [0, 0.05) is 12.3 Å². The van der Waals surface area contributed by atoms with E-state index in [0.29, 0.717) is 0 Å². The highest BCUT2D eigenvalue weighted by Gasteiger charge is 2.55. The fraction of sp³-hybridized carbons (Fsp3) is 0.600. The molecule has 1 aromatic heterocycles. The third kappa shape index (κ3) is 3.72. The van der Waals surface area contributed by atoms with Crippen LogP contribution in [0.1, 0.15) is 20.1 Å². The number of hydrogen-bond donors (Lipinski definition) is 3. The molecule has 0 radical (unpaired) electrons. The highest BCUT2D eigenvalue weighted by molar-refractivity contribution is 5.76. The van der Waals surface area contributed by atoms with E-state index in [1.54, 1.807) is 13.8 Å². The molecule has 2 saturated heterocycles. The van der Waals surface area contributed by atoms with Crippen molar-refractivity contribution in [3.8, 4) is 0 Å². The second-order valence-electron chi connectivity index (χ2n) is 6.46. The molecule has 27 heavy (non-hydrogen) atoms. The van der Waals surface area contributed by atoms with Gasteiger partial charge in [-0.05, 0) is 5.92 Å². The molecule has 12 nitrogen and oxygen atoms in total. The van der Waals surface area contributed by atoms with Crippen molar-refractivity contribution in [3.05, 3.63) is 22.7 Å². The first-order valence-corrected chi connectivity index (χ1v) is 8.27. The third-order valence-corrected chi connectivity index (χ3v) is 4.28. The molecule has 0 spiro atoms. The number of rotatable bonds is 6. The van der Waals surface area contributed by atoms with E-state index in [2.05, 4.69) is 10.5 Å². The molecule has 3 rings (SSSR count). The molecule has 2 aliphatic rings. The van der Waals surface area contributed by atoms with E-state index in [9.17, 15) is 19.5 Å². The maximum absolute atomic E-state index is 12.3. The molecule has 4 N–H and O–H groups in total. The maximum Gasteiger partial charge on any atom is 0.509 e. The Balaban J connectivity index is 1.71. The van der Waals surface area contributed by atoms with Crippen LogP contribution in [0.5, 0.6) is 0 Å². The van der Waals surface area contributed by atoms with E-state index in [-0.39, 0.29) is 11.7 Å². The molecule has 5 atom stereocenters. The van der Waals surface area contributed by atoms with E-state index < -0.39 is 55.0 Å². The van der Waals surface area contributed by atoms with E-state index in [4.69, 9.17) is 24.8 Å². The summed E-state index contributed by atoms with van der Waals surface area (Å²) in [4.78, 5) is 43.9. The summed E-state index contributed by atoms with van der Waals surface area (Å²) in [6, 6.07) is 0.534. The normalized spacial score (nSPS) is 27.7. The van der Waals surface area contributed by atoms with Crippen molar-refractivity contribution in [2.24, 2.45) is 11.7 Å².